The fourth-order valence-corrected chi connectivity index (χ4v) is 1.51. The summed E-state index contributed by atoms with van der Waals surface area (Å²) in [7, 11) is 0. The van der Waals surface area contributed by atoms with Crippen LogP contribution in [-0.2, 0) is 4.79 Å². The van der Waals surface area contributed by atoms with Gasteiger partial charge in [-0.3, -0.25) is 15.0 Å². The van der Waals surface area contributed by atoms with Crippen LogP contribution in [0.15, 0.2) is 4.42 Å². The minimum atomic E-state index is -0.235. The Morgan fingerprint density at radius 3 is 2.53 bits per heavy atom. The fourth-order valence-electron chi connectivity index (χ4n) is 1.51. The number of aliphatic hydroxyl groups is 1. The first-order valence-electron chi connectivity index (χ1n) is 6.42. The van der Waals surface area contributed by atoms with E-state index in [0.717, 1.165) is 0 Å². The summed E-state index contributed by atoms with van der Waals surface area (Å²) >= 11 is 0. The van der Waals surface area contributed by atoms with E-state index in [2.05, 4.69) is 15.5 Å². The lowest BCUT2D eigenvalue weighted by Gasteiger charge is -2.24. The Balaban J connectivity index is 2.53. The number of nitrogens with zero attached hydrogens (tertiary/aromatic N) is 3. The predicted octanol–water partition coefficient (Wildman–Crippen LogP) is 0.834. The average molecular weight is 270 g/mol. The van der Waals surface area contributed by atoms with Crippen LogP contribution in [0.1, 0.15) is 39.5 Å². The minimum absolute atomic E-state index is 0.0174. The average Bonchev–Trinajstić information content (AvgIpc) is 2.76. The summed E-state index contributed by atoms with van der Waals surface area (Å²) in [5.74, 6) is 0.382. The van der Waals surface area contributed by atoms with Crippen molar-refractivity contribution in [2.24, 2.45) is 0 Å². The normalized spacial score (nSPS) is 11.6. The summed E-state index contributed by atoms with van der Waals surface area (Å²) < 4.78 is 5.30. The van der Waals surface area contributed by atoms with E-state index in [0.29, 0.717) is 12.4 Å². The highest BCUT2D eigenvalue weighted by Gasteiger charge is 2.16. The highest BCUT2D eigenvalue weighted by atomic mass is 16.4. The summed E-state index contributed by atoms with van der Waals surface area (Å²) in [5.41, 5.74) is 0. The van der Waals surface area contributed by atoms with Crippen molar-refractivity contribution in [1.82, 2.24) is 15.1 Å². The number of rotatable bonds is 7. The van der Waals surface area contributed by atoms with E-state index in [1.54, 1.807) is 0 Å². The number of nitrogens with one attached hydrogen (secondary N) is 1. The van der Waals surface area contributed by atoms with Crippen molar-refractivity contribution in [3.05, 3.63) is 5.89 Å². The molecule has 0 aliphatic rings. The standard InChI is InChI=1S/C12H22N4O3/c1-8(2)11-14-15-12(19-11)13-10(18)7-16(5-6-17)9(3)4/h8-9,17H,5-7H2,1-4H3,(H,13,15,18). The number of hydrogen-bond donors (Lipinski definition) is 2. The fraction of sp³-hybridized carbons (Fsp3) is 0.750. The SMILES string of the molecule is CC(C)c1nnc(NC(=O)CN(CCO)C(C)C)o1. The van der Waals surface area contributed by atoms with Crippen molar-refractivity contribution in [3.8, 4) is 0 Å². The van der Waals surface area contributed by atoms with Crippen molar-refractivity contribution in [2.45, 2.75) is 39.7 Å². The highest BCUT2D eigenvalue weighted by molar-refractivity contribution is 5.90. The molecule has 0 unspecified atom stereocenters. The number of hydrogen-bond acceptors (Lipinski definition) is 6. The van der Waals surface area contributed by atoms with Crippen molar-refractivity contribution in [3.63, 3.8) is 0 Å². The molecule has 1 aromatic rings. The minimum Gasteiger partial charge on any atom is -0.408 e. The van der Waals surface area contributed by atoms with E-state index in [1.807, 2.05) is 32.6 Å². The number of carbonyl (C=O) groups is 1. The maximum atomic E-state index is 11.8. The lowest BCUT2D eigenvalue weighted by atomic mass is 10.2. The molecule has 7 nitrogen and oxygen atoms in total. The second-order valence-electron chi connectivity index (χ2n) is 4.94. The lowest BCUT2D eigenvalue weighted by molar-refractivity contribution is -0.118. The van der Waals surface area contributed by atoms with E-state index < -0.39 is 0 Å². The molecule has 0 aliphatic carbocycles. The topological polar surface area (TPSA) is 91.5 Å². The third-order valence-electron chi connectivity index (χ3n) is 2.65. The van der Waals surface area contributed by atoms with Gasteiger partial charge in [0.1, 0.15) is 0 Å². The molecule has 19 heavy (non-hydrogen) atoms. The first-order valence-corrected chi connectivity index (χ1v) is 6.42. The molecule has 7 heteroatoms. The monoisotopic (exact) mass is 270 g/mol. The van der Waals surface area contributed by atoms with Crippen LogP contribution in [0.3, 0.4) is 0 Å². The van der Waals surface area contributed by atoms with Gasteiger partial charge in [-0.1, -0.05) is 18.9 Å². The zero-order valence-electron chi connectivity index (χ0n) is 11.9. The first-order chi connectivity index (χ1) is 8.93. The second kappa shape index (κ2) is 7.20. The molecule has 0 bridgehead atoms. The van der Waals surface area contributed by atoms with Crippen molar-refractivity contribution in [1.29, 1.82) is 0 Å². The molecule has 1 heterocycles. The van der Waals surface area contributed by atoms with E-state index in [1.165, 1.54) is 0 Å². The largest absolute Gasteiger partial charge is 0.408 e. The maximum Gasteiger partial charge on any atom is 0.322 e. The van der Waals surface area contributed by atoms with Crippen LogP contribution in [-0.4, -0.2) is 51.8 Å². The van der Waals surface area contributed by atoms with Gasteiger partial charge in [-0.25, -0.2) is 0 Å². The Morgan fingerprint density at radius 1 is 1.37 bits per heavy atom. The zero-order valence-corrected chi connectivity index (χ0v) is 11.9. The number of aliphatic hydroxyl groups excluding tert-OH is 1. The summed E-state index contributed by atoms with van der Waals surface area (Å²) in [5, 5.41) is 19.1. The van der Waals surface area contributed by atoms with Gasteiger partial charge in [-0.05, 0) is 13.8 Å². The molecule has 0 spiro atoms. The van der Waals surface area contributed by atoms with Gasteiger partial charge in [0.25, 0.3) is 0 Å². The molecule has 1 rings (SSSR count). The molecule has 0 saturated carbocycles. The van der Waals surface area contributed by atoms with Gasteiger partial charge in [-0.2, -0.15) is 0 Å². The van der Waals surface area contributed by atoms with Crippen molar-refractivity contribution >= 4 is 11.9 Å². The van der Waals surface area contributed by atoms with E-state index in [4.69, 9.17) is 9.52 Å². The number of carbonyl (C=O) groups excluding carboxylic acids is 1. The Hall–Kier alpha value is -1.47. The molecule has 108 valence electrons. The second-order valence-corrected chi connectivity index (χ2v) is 4.94. The Bertz CT molecular complexity index is 403. The van der Waals surface area contributed by atoms with E-state index in [-0.39, 0.29) is 37.0 Å². The lowest BCUT2D eigenvalue weighted by Crippen LogP contribution is -2.39. The summed E-state index contributed by atoms with van der Waals surface area (Å²) in [6.45, 7) is 8.44. The molecular weight excluding hydrogens is 248 g/mol. The van der Waals surface area contributed by atoms with Gasteiger partial charge >= 0.3 is 6.01 Å². The van der Waals surface area contributed by atoms with Crippen LogP contribution >= 0.6 is 0 Å². The van der Waals surface area contributed by atoms with Crippen LogP contribution in [0.2, 0.25) is 0 Å². The number of amides is 1. The summed E-state index contributed by atoms with van der Waals surface area (Å²) in [6.07, 6.45) is 0. The molecule has 2 N–H and O–H groups in total. The van der Waals surface area contributed by atoms with Crippen molar-refractivity contribution in [2.75, 3.05) is 25.0 Å². The molecule has 0 atom stereocenters. The quantitative estimate of drug-likeness (QED) is 0.762. The van der Waals surface area contributed by atoms with Crippen LogP contribution < -0.4 is 5.32 Å². The van der Waals surface area contributed by atoms with Crippen LogP contribution in [0.5, 0.6) is 0 Å². The van der Waals surface area contributed by atoms with Crippen LogP contribution in [0.25, 0.3) is 0 Å². The third-order valence-corrected chi connectivity index (χ3v) is 2.65. The van der Waals surface area contributed by atoms with Gasteiger partial charge in [-0.15, -0.1) is 5.10 Å². The van der Waals surface area contributed by atoms with Crippen LogP contribution in [0, 0.1) is 0 Å². The Morgan fingerprint density at radius 2 is 2.05 bits per heavy atom. The van der Waals surface area contributed by atoms with Crippen LogP contribution in [0.4, 0.5) is 6.01 Å². The van der Waals surface area contributed by atoms with Gasteiger partial charge in [0.2, 0.25) is 11.8 Å². The summed E-state index contributed by atoms with van der Waals surface area (Å²) in [6, 6.07) is 0.285. The predicted molar refractivity (Wildman–Crippen MR) is 70.8 cm³/mol. The van der Waals surface area contributed by atoms with E-state index >= 15 is 0 Å². The van der Waals surface area contributed by atoms with E-state index in [9.17, 15) is 4.79 Å². The first kappa shape index (κ1) is 15.6. The molecule has 0 saturated heterocycles. The molecule has 1 amide bonds. The smallest absolute Gasteiger partial charge is 0.322 e. The third kappa shape index (κ3) is 4.96. The number of anilines is 1. The molecule has 0 aliphatic heterocycles. The number of aromatic nitrogens is 2. The summed E-state index contributed by atoms with van der Waals surface area (Å²) in [4.78, 5) is 13.7. The molecule has 1 aromatic heterocycles. The molecular formula is C12H22N4O3. The Labute approximate surface area is 113 Å². The molecule has 0 radical (unpaired) electrons. The molecule has 0 fully saturated rings. The Kier molecular flexibility index (Phi) is 5.91. The van der Waals surface area contributed by atoms with Gasteiger partial charge in [0.05, 0.1) is 13.2 Å². The molecule has 0 aromatic carbocycles. The van der Waals surface area contributed by atoms with Crippen molar-refractivity contribution < 1.29 is 14.3 Å². The highest BCUT2D eigenvalue weighted by Crippen LogP contribution is 2.14. The maximum absolute atomic E-state index is 11.8. The van der Waals surface area contributed by atoms with Gasteiger partial charge in [0, 0.05) is 18.5 Å². The van der Waals surface area contributed by atoms with Gasteiger partial charge in [0.15, 0.2) is 0 Å². The van der Waals surface area contributed by atoms with Gasteiger partial charge < -0.3 is 9.52 Å². The zero-order chi connectivity index (χ0) is 14.4.